The van der Waals surface area contributed by atoms with Crippen molar-refractivity contribution in [2.24, 2.45) is 0 Å². The summed E-state index contributed by atoms with van der Waals surface area (Å²) < 4.78 is 9.92. The Labute approximate surface area is 99.4 Å². The first-order valence-electron chi connectivity index (χ1n) is 5.29. The summed E-state index contributed by atoms with van der Waals surface area (Å²) >= 11 is 0. The summed E-state index contributed by atoms with van der Waals surface area (Å²) in [6.07, 6.45) is -0.0719. The van der Waals surface area contributed by atoms with Crippen LogP contribution in [0.1, 0.15) is 35.8 Å². The highest BCUT2D eigenvalue weighted by atomic mass is 16.5. The molecule has 5 nitrogen and oxygen atoms in total. The summed E-state index contributed by atoms with van der Waals surface area (Å²) in [6.45, 7) is 3.54. The van der Waals surface area contributed by atoms with Crippen LogP contribution in [-0.2, 0) is 14.3 Å². The van der Waals surface area contributed by atoms with Gasteiger partial charge in [-0.15, -0.1) is 0 Å². The SMILES string of the molecule is COC(=O)CC(CC(=O)O)c1cc(C)oc1C. The van der Waals surface area contributed by atoms with Crippen molar-refractivity contribution >= 4 is 11.9 Å². The molecule has 0 aliphatic heterocycles. The van der Waals surface area contributed by atoms with Crippen molar-refractivity contribution < 1.29 is 23.8 Å². The lowest BCUT2D eigenvalue weighted by atomic mass is 9.92. The number of methoxy groups -OCH3 is 1. The van der Waals surface area contributed by atoms with Crippen LogP contribution in [0.4, 0.5) is 0 Å². The number of rotatable bonds is 5. The molecule has 1 rings (SSSR count). The molecule has 1 heterocycles. The van der Waals surface area contributed by atoms with Crippen molar-refractivity contribution in [3.63, 3.8) is 0 Å². The van der Waals surface area contributed by atoms with E-state index in [0.29, 0.717) is 11.5 Å². The van der Waals surface area contributed by atoms with E-state index in [9.17, 15) is 9.59 Å². The molecular weight excluding hydrogens is 224 g/mol. The Morgan fingerprint density at radius 3 is 2.47 bits per heavy atom. The Balaban J connectivity index is 2.93. The van der Waals surface area contributed by atoms with Crippen LogP contribution in [0.2, 0.25) is 0 Å². The van der Waals surface area contributed by atoms with E-state index in [-0.39, 0.29) is 12.8 Å². The standard InChI is InChI=1S/C12H16O5/c1-7-4-10(8(2)17-7)9(5-11(13)14)6-12(15)16-3/h4,9H,5-6H2,1-3H3,(H,13,14). The number of aryl methyl sites for hydroxylation is 2. The van der Waals surface area contributed by atoms with Gasteiger partial charge in [0.1, 0.15) is 11.5 Å². The predicted molar refractivity (Wildman–Crippen MR) is 59.8 cm³/mol. The highest BCUT2D eigenvalue weighted by Crippen LogP contribution is 2.29. The maximum atomic E-state index is 11.2. The Morgan fingerprint density at radius 1 is 1.41 bits per heavy atom. The van der Waals surface area contributed by atoms with E-state index in [1.165, 1.54) is 7.11 Å². The monoisotopic (exact) mass is 240 g/mol. The number of aliphatic carboxylic acids is 1. The quantitative estimate of drug-likeness (QED) is 0.797. The lowest BCUT2D eigenvalue weighted by molar-refractivity contribution is -0.141. The van der Waals surface area contributed by atoms with Gasteiger partial charge < -0.3 is 14.3 Å². The Kier molecular flexibility index (Phi) is 4.31. The van der Waals surface area contributed by atoms with Gasteiger partial charge in [0.2, 0.25) is 0 Å². The molecular formula is C12H16O5. The molecule has 1 aromatic rings. The first-order valence-corrected chi connectivity index (χ1v) is 5.29. The first kappa shape index (κ1) is 13.3. The van der Waals surface area contributed by atoms with Gasteiger partial charge in [0.05, 0.1) is 20.0 Å². The van der Waals surface area contributed by atoms with Crippen molar-refractivity contribution in [1.82, 2.24) is 0 Å². The fraction of sp³-hybridized carbons (Fsp3) is 0.500. The van der Waals surface area contributed by atoms with E-state index >= 15 is 0 Å². The minimum atomic E-state index is -0.947. The smallest absolute Gasteiger partial charge is 0.306 e. The van der Waals surface area contributed by atoms with Gasteiger partial charge in [-0.1, -0.05) is 0 Å². The summed E-state index contributed by atoms with van der Waals surface area (Å²) in [5, 5.41) is 8.85. The minimum absolute atomic E-state index is 0.0443. The zero-order valence-corrected chi connectivity index (χ0v) is 10.1. The van der Waals surface area contributed by atoms with E-state index in [0.717, 1.165) is 5.56 Å². The van der Waals surface area contributed by atoms with Crippen molar-refractivity contribution in [2.45, 2.75) is 32.6 Å². The van der Waals surface area contributed by atoms with Gasteiger partial charge in [-0.25, -0.2) is 0 Å². The van der Waals surface area contributed by atoms with Crippen molar-refractivity contribution in [3.8, 4) is 0 Å². The second-order valence-electron chi connectivity index (χ2n) is 3.94. The fourth-order valence-corrected chi connectivity index (χ4v) is 1.84. The largest absolute Gasteiger partial charge is 0.481 e. The molecule has 0 aliphatic carbocycles. The van der Waals surface area contributed by atoms with Gasteiger partial charge in [0.15, 0.2) is 0 Å². The van der Waals surface area contributed by atoms with E-state index in [4.69, 9.17) is 9.52 Å². The average molecular weight is 240 g/mol. The van der Waals surface area contributed by atoms with Crippen molar-refractivity contribution in [1.29, 1.82) is 0 Å². The molecule has 0 saturated carbocycles. The van der Waals surface area contributed by atoms with Gasteiger partial charge in [-0.3, -0.25) is 9.59 Å². The molecule has 0 bridgehead atoms. The molecule has 0 radical (unpaired) electrons. The molecule has 0 aromatic carbocycles. The lowest BCUT2D eigenvalue weighted by Gasteiger charge is -2.12. The third kappa shape index (κ3) is 3.62. The number of furan rings is 1. The van der Waals surface area contributed by atoms with Crippen molar-refractivity contribution in [3.05, 3.63) is 23.2 Å². The van der Waals surface area contributed by atoms with Gasteiger partial charge in [0, 0.05) is 5.92 Å². The number of carboxylic acid groups (broad SMARTS) is 1. The number of carboxylic acids is 1. The predicted octanol–water partition coefficient (Wildman–Crippen LogP) is 2.02. The number of ether oxygens (including phenoxy) is 1. The number of hydrogen-bond acceptors (Lipinski definition) is 4. The van der Waals surface area contributed by atoms with Crippen LogP contribution in [-0.4, -0.2) is 24.2 Å². The topological polar surface area (TPSA) is 76.7 Å². The normalized spacial score (nSPS) is 12.2. The molecule has 0 saturated heterocycles. The maximum Gasteiger partial charge on any atom is 0.306 e. The average Bonchev–Trinajstić information content (AvgIpc) is 2.56. The highest BCUT2D eigenvalue weighted by molar-refractivity contribution is 5.73. The molecule has 0 fully saturated rings. The second kappa shape index (κ2) is 5.52. The number of esters is 1. The van der Waals surface area contributed by atoms with Crippen LogP contribution in [0.25, 0.3) is 0 Å². The minimum Gasteiger partial charge on any atom is -0.481 e. The molecule has 0 spiro atoms. The Bertz CT molecular complexity index is 419. The van der Waals surface area contributed by atoms with E-state index in [2.05, 4.69) is 4.74 Å². The van der Waals surface area contributed by atoms with E-state index in [1.807, 2.05) is 0 Å². The van der Waals surface area contributed by atoms with E-state index < -0.39 is 17.9 Å². The van der Waals surface area contributed by atoms with E-state index in [1.54, 1.807) is 19.9 Å². The second-order valence-corrected chi connectivity index (χ2v) is 3.94. The Hall–Kier alpha value is -1.78. The van der Waals surface area contributed by atoms with Crippen LogP contribution in [0.15, 0.2) is 10.5 Å². The van der Waals surface area contributed by atoms with Crippen molar-refractivity contribution in [2.75, 3.05) is 7.11 Å². The highest BCUT2D eigenvalue weighted by Gasteiger charge is 2.23. The van der Waals surface area contributed by atoms with Gasteiger partial charge in [-0.05, 0) is 25.5 Å². The fourth-order valence-electron chi connectivity index (χ4n) is 1.84. The number of carbonyl (C=O) groups excluding carboxylic acids is 1. The molecule has 1 atom stereocenters. The summed E-state index contributed by atoms with van der Waals surface area (Å²) in [4.78, 5) is 22.0. The Morgan fingerprint density at radius 2 is 2.06 bits per heavy atom. The lowest BCUT2D eigenvalue weighted by Crippen LogP contribution is -2.12. The maximum absolute atomic E-state index is 11.2. The zero-order valence-electron chi connectivity index (χ0n) is 10.1. The third-order valence-electron chi connectivity index (χ3n) is 2.58. The van der Waals surface area contributed by atoms with Crippen LogP contribution in [0.5, 0.6) is 0 Å². The molecule has 94 valence electrons. The van der Waals surface area contributed by atoms with Crippen LogP contribution in [0, 0.1) is 13.8 Å². The number of carbonyl (C=O) groups is 2. The summed E-state index contributed by atoms with van der Waals surface area (Å²) in [5.74, 6) is -0.417. The molecule has 1 aromatic heterocycles. The summed E-state index contributed by atoms with van der Waals surface area (Å²) in [6, 6.07) is 1.77. The summed E-state index contributed by atoms with van der Waals surface area (Å²) in [7, 11) is 1.29. The first-order chi connectivity index (χ1) is 7.93. The molecule has 5 heteroatoms. The van der Waals surface area contributed by atoms with Gasteiger partial charge in [-0.2, -0.15) is 0 Å². The molecule has 1 unspecified atom stereocenters. The third-order valence-corrected chi connectivity index (χ3v) is 2.58. The molecule has 1 N–H and O–H groups in total. The molecule has 0 amide bonds. The van der Waals surface area contributed by atoms with Crippen LogP contribution >= 0.6 is 0 Å². The molecule has 17 heavy (non-hydrogen) atoms. The number of hydrogen-bond donors (Lipinski definition) is 1. The van der Waals surface area contributed by atoms with Crippen LogP contribution < -0.4 is 0 Å². The zero-order chi connectivity index (χ0) is 13.0. The molecule has 0 aliphatic rings. The van der Waals surface area contributed by atoms with Crippen LogP contribution in [0.3, 0.4) is 0 Å². The van der Waals surface area contributed by atoms with Gasteiger partial charge >= 0.3 is 11.9 Å². The van der Waals surface area contributed by atoms with Gasteiger partial charge in [0.25, 0.3) is 0 Å². The summed E-state index contributed by atoms with van der Waals surface area (Å²) in [5.41, 5.74) is 0.760.